The molecule has 0 amide bonds. The maximum atomic E-state index is 13.1. The zero-order valence-electron chi connectivity index (χ0n) is 9.24. The van der Waals surface area contributed by atoms with Gasteiger partial charge in [-0.2, -0.15) is 13.2 Å². The van der Waals surface area contributed by atoms with Crippen LogP contribution in [0, 0.1) is 17.3 Å². The molecular formula is C12H19F3. The molecule has 2 saturated carbocycles. The monoisotopic (exact) mass is 220 g/mol. The van der Waals surface area contributed by atoms with Crippen LogP contribution in [0.2, 0.25) is 0 Å². The van der Waals surface area contributed by atoms with Crippen LogP contribution in [0.1, 0.15) is 51.9 Å². The molecule has 0 aromatic heterocycles. The van der Waals surface area contributed by atoms with Crippen LogP contribution >= 0.6 is 0 Å². The van der Waals surface area contributed by atoms with Gasteiger partial charge < -0.3 is 0 Å². The van der Waals surface area contributed by atoms with Gasteiger partial charge in [-0.1, -0.05) is 39.0 Å². The van der Waals surface area contributed by atoms with Gasteiger partial charge in [-0.3, -0.25) is 0 Å². The lowest BCUT2D eigenvalue weighted by atomic mass is 9.58. The smallest absolute Gasteiger partial charge is 0.171 e. The Hall–Kier alpha value is -0.210. The first-order valence-corrected chi connectivity index (χ1v) is 6.02. The summed E-state index contributed by atoms with van der Waals surface area (Å²) in [5, 5.41) is 0. The molecule has 3 unspecified atom stereocenters. The number of rotatable bonds is 0. The average Bonchev–Trinajstić information content (AvgIpc) is 2.17. The number of halogens is 3. The number of hydrogen-bond donors (Lipinski definition) is 0. The highest BCUT2D eigenvalue weighted by atomic mass is 19.4. The lowest BCUT2D eigenvalue weighted by molar-refractivity contribution is -0.256. The molecule has 2 aliphatic rings. The minimum atomic E-state index is -4.01. The summed E-state index contributed by atoms with van der Waals surface area (Å²) in [6.45, 7) is 1.45. The van der Waals surface area contributed by atoms with Gasteiger partial charge in [0.25, 0.3) is 0 Å². The van der Waals surface area contributed by atoms with E-state index < -0.39 is 11.6 Å². The second kappa shape index (κ2) is 3.67. The van der Waals surface area contributed by atoms with Gasteiger partial charge >= 0.3 is 6.18 Å². The second-order valence-corrected chi connectivity index (χ2v) is 5.46. The topological polar surface area (TPSA) is 0 Å². The molecule has 3 heteroatoms. The Balaban J connectivity index is 2.23. The number of alkyl halides is 3. The van der Waals surface area contributed by atoms with Gasteiger partial charge in [-0.25, -0.2) is 0 Å². The van der Waals surface area contributed by atoms with E-state index in [9.17, 15) is 13.2 Å². The normalized spacial score (nSPS) is 42.4. The molecule has 0 aromatic carbocycles. The first-order chi connectivity index (χ1) is 6.95. The fourth-order valence-electron chi connectivity index (χ4n) is 3.66. The van der Waals surface area contributed by atoms with Crippen molar-refractivity contribution in [2.75, 3.05) is 0 Å². The Bertz CT molecular complexity index is 232. The van der Waals surface area contributed by atoms with Gasteiger partial charge in [0.15, 0.2) is 0 Å². The number of fused-ring (bicyclic) bond motifs is 1. The van der Waals surface area contributed by atoms with Crippen molar-refractivity contribution in [2.24, 2.45) is 17.3 Å². The maximum absolute atomic E-state index is 13.1. The first kappa shape index (κ1) is 11.3. The first-order valence-electron chi connectivity index (χ1n) is 6.02. The van der Waals surface area contributed by atoms with Crippen LogP contribution < -0.4 is 0 Å². The van der Waals surface area contributed by atoms with Gasteiger partial charge in [-0.05, 0) is 24.7 Å². The summed E-state index contributed by atoms with van der Waals surface area (Å²) in [6, 6.07) is 0. The molecule has 0 heterocycles. The van der Waals surface area contributed by atoms with Gasteiger partial charge in [0.1, 0.15) is 0 Å². The molecule has 2 fully saturated rings. The second-order valence-electron chi connectivity index (χ2n) is 5.46. The lowest BCUT2D eigenvalue weighted by Gasteiger charge is -2.49. The minimum Gasteiger partial charge on any atom is -0.171 e. The zero-order chi connectivity index (χ0) is 11.1. The van der Waals surface area contributed by atoms with E-state index in [0.29, 0.717) is 12.3 Å². The van der Waals surface area contributed by atoms with Gasteiger partial charge in [-0.15, -0.1) is 0 Å². The predicted molar refractivity (Wildman–Crippen MR) is 53.5 cm³/mol. The molecular weight excluding hydrogens is 201 g/mol. The van der Waals surface area contributed by atoms with E-state index in [1.807, 2.05) is 0 Å². The van der Waals surface area contributed by atoms with E-state index in [-0.39, 0.29) is 5.92 Å². The Kier molecular flexibility index (Phi) is 2.76. The molecule has 0 bridgehead atoms. The van der Waals surface area contributed by atoms with E-state index in [1.54, 1.807) is 0 Å². The molecule has 2 aliphatic carbocycles. The Morgan fingerprint density at radius 2 is 1.60 bits per heavy atom. The Morgan fingerprint density at radius 3 is 2.27 bits per heavy atom. The van der Waals surface area contributed by atoms with Gasteiger partial charge in [0.05, 0.1) is 5.41 Å². The Labute approximate surface area is 89.2 Å². The third kappa shape index (κ3) is 1.78. The third-order valence-electron chi connectivity index (χ3n) is 4.65. The summed E-state index contributed by atoms with van der Waals surface area (Å²) in [6.07, 6.45) is 2.07. The maximum Gasteiger partial charge on any atom is 0.394 e. The lowest BCUT2D eigenvalue weighted by Crippen LogP contribution is -2.48. The van der Waals surface area contributed by atoms with Crippen molar-refractivity contribution in [1.29, 1.82) is 0 Å². The van der Waals surface area contributed by atoms with Gasteiger partial charge in [0.2, 0.25) is 0 Å². The van der Waals surface area contributed by atoms with Crippen LogP contribution in [-0.4, -0.2) is 6.18 Å². The van der Waals surface area contributed by atoms with Crippen LogP contribution in [0.3, 0.4) is 0 Å². The largest absolute Gasteiger partial charge is 0.394 e. The van der Waals surface area contributed by atoms with Crippen molar-refractivity contribution in [2.45, 2.75) is 58.0 Å². The van der Waals surface area contributed by atoms with Crippen LogP contribution in [0.25, 0.3) is 0 Å². The molecule has 0 spiro atoms. The molecule has 0 saturated heterocycles. The fourth-order valence-corrected chi connectivity index (χ4v) is 3.66. The highest BCUT2D eigenvalue weighted by molar-refractivity contribution is 4.96. The predicted octanol–water partition coefficient (Wildman–Crippen LogP) is 4.55. The average molecular weight is 220 g/mol. The quantitative estimate of drug-likeness (QED) is 0.562. The highest BCUT2D eigenvalue weighted by Crippen LogP contribution is 2.57. The molecule has 15 heavy (non-hydrogen) atoms. The fraction of sp³-hybridized carbons (Fsp3) is 1.00. The molecule has 0 radical (unpaired) electrons. The van der Waals surface area contributed by atoms with E-state index in [2.05, 4.69) is 0 Å². The van der Waals surface area contributed by atoms with E-state index in [1.165, 1.54) is 6.92 Å². The van der Waals surface area contributed by atoms with Crippen molar-refractivity contribution >= 4 is 0 Å². The minimum absolute atomic E-state index is 0.0972. The number of hydrogen-bond acceptors (Lipinski definition) is 0. The van der Waals surface area contributed by atoms with E-state index in [4.69, 9.17) is 0 Å². The SMILES string of the molecule is CC1(C(F)(F)F)CCCC2CCCCC21. The van der Waals surface area contributed by atoms with Crippen molar-refractivity contribution in [3.63, 3.8) is 0 Å². The van der Waals surface area contributed by atoms with Crippen molar-refractivity contribution in [3.05, 3.63) is 0 Å². The van der Waals surface area contributed by atoms with Crippen LogP contribution in [-0.2, 0) is 0 Å². The van der Waals surface area contributed by atoms with Crippen molar-refractivity contribution in [3.8, 4) is 0 Å². The molecule has 3 atom stereocenters. The highest BCUT2D eigenvalue weighted by Gasteiger charge is 2.58. The summed E-state index contributed by atoms with van der Waals surface area (Å²) in [4.78, 5) is 0. The third-order valence-corrected chi connectivity index (χ3v) is 4.65. The van der Waals surface area contributed by atoms with Gasteiger partial charge in [0, 0.05) is 0 Å². The van der Waals surface area contributed by atoms with Crippen LogP contribution in [0.4, 0.5) is 13.2 Å². The van der Waals surface area contributed by atoms with E-state index in [0.717, 1.165) is 38.5 Å². The summed E-state index contributed by atoms with van der Waals surface area (Å²) in [7, 11) is 0. The molecule has 88 valence electrons. The summed E-state index contributed by atoms with van der Waals surface area (Å²) >= 11 is 0. The van der Waals surface area contributed by atoms with Crippen molar-refractivity contribution < 1.29 is 13.2 Å². The summed E-state index contributed by atoms with van der Waals surface area (Å²) < 4.78 is 39.3. The molecule has 2 rings (SSSR count). The standard InChI is InChI=1S/C12H19F3/c1-11(12(13,14)15)8-4-6-9-5-2-3-7-10(9)11/h9-10H,2-8H2,1H3. The van der Waals surface area contributed by atoms with Crippen molar-refractivity contribution in [1.82, 2.24) is 0 Å². The van der Waals surface area contributed by atoms with E-state index >= 15 is 0 Å². The zero-order valence-corrected chi connectivity index (χ0v) is 9.24. The Morgan fingerprint density at radius 1 is 1.00 bits per heavy atom. The molecule has 0 aliphatic heterocycles. The summed E-state index contributed by atoms with van der Waals surface area (Å²) in [5.74, 6) is 0.249. The molecule has 0 aromatic rings. The van der Waals surface area contributed by atoms with Crippen LogP contribution in [0.5, 0.6) is 0 Å². The summed E-state index contributed by atoms with van der Waals surface area (Å²) in [5.41, 5.74) is -1.39. The molecule has 0 N–H and O–H groups in total. The molecule has 0 nitrogen and oxygen atoms in total. The van der Waals surface area contributed by atoms with Crippen LogP contribution in [0.15, 0.2) is 0 Å².